The maximum atomic E-state index is 12.6. The van der Waals surface area contributed by atoms with Crippen molar-refractivity contribution in [2.45, 2.75) is 65.2 Å². The molecule has 5 nitrogen and oxygen atoms in total. The van der Waals surface area contributed by atoms with Crippen molar-refractivity contribution in [1.29, 1.82) is 0 Å². The van der Waals surface area contributed by atoms with Crippen LogP contribution in [0.25, 0.3) is 0 Å². The number of nitrogens with two attached hydrogens (primary N) is 1. The second-order valence-electron chi connectivity index (χ2n) is 10.0. The Hall–Kier alpha value is -0.910. The summed E-state index contributed by atoms with van der Waals surface area (Å²) in [4.78, 5) is 18.0. The second kappa shape index (κ2) is 8.68. The van der Waals surface area contributed by atoms with Gasteiger partial charge in [0.15, 0.2) is 0 Å². The molecule has 4 rings (SSSR count). The second-order valence-corrected chi connectivity index (χ2v) is 10.0. The number of halogens is 1. The molecule has 0 aliphatic heterocycles. The quantitative estimate of drug-likeness (QED) is 0.407. The highest BCUT2D eigenvalue weighted by atomic mass is 35.5. The topological polar surface area (TPSA) is 84.9 Å². The van der Waals surface area contributed by atoms with Gasteiger partial charge in [0.2, 0.25) is 0 Å². The van der Waals surface area contributed by atoms with Crippen molar-refractivity contribution in [2.24, 2.45) is 45.4 Å². The Kier molecular flexibility index (Phi) is 6.82. The fourth-order valence-corrected chi connectivity index (χ4v) is 7.35. The van der Waals surface area contributed by atoms with Gasteiger partial charge in [0.1, 0.15) is 12.4 Å². The molecule has 6 heteroatoms. The summed E-state index contributed by atoms with van der Waals surface area (Å²) in [7, 11) is 0. The molecule has 0 aromatic rings. The van der Waals surface area contributed by atoms with Gasteiger partial charge in [-0.1, -0.05) is 30.7 Å². The maximum Gasteiger partial charge on any atom is 0.139 e. The van der Waals surface area contributed by atoms with E-state index in [0.29, 0.717) is 42.6 Å². The molecule has 3 N–H and O–H groups in total. The van der Waals surface area contributed by atoms with E-state index in [-0.39, 0.29) is 29.8 Å². The number of ketones is 1. The van der Waals surface area contributed by atoms with Gasteiger partial charge in [-0.25, -0.2) is 0 Å². The predicted octanol–water partition coefficient (Wildman–Crippen LogP) is 3.88. The standard InChI is InChI=1S/C23H36N2O3.ClH/c1-22-8-5-16(25-28-12-10-24)14-20(22)15(7-11-26)13-17-18-3-4-21(27)23(18,2)9-6-19(17)22;/h7,17-20,26H,3-6,8-14,24H2,1-2H3;1H/b15-7+,25-16?;/t17-,18-,19-,20?,22+,23-;/m0./s1. The van der Waals surface area contributed by atoms with E-state index in [0.717, 1.165) is 50.7 Å². The molecule has 0 aromatic heterocycles. The third kappa shape index (κ3) is 3.68. The molecule has 1 unspecified atom stereocenters. The van der Waals surface area contributed by atoms with Crippen molar-refractivity contribution in [3.05, 3.63) is 11.6 Å². The van der Waals surface area contributed by atoms with E-state index >= 15 is 0 Å². The summed E-state index contributed by atoms with van der Waals surface area (Å²) >= 11 is 0. The van der Waals surface area contributed by atoms with E-state index in [4.69, 9.17) is 10.6 Å². The van der Waals surface area contributed by atoms with Crippen molar-refractivity contribution in [1.82, 2.24) is 0 Å². The number of hydrogen-bond donors (Lipinski definition) is 2. The molecule has 29 heavy (non-hydrogen) atoms. The highest BCUT2D eigenvalue weighted by molar-refractivity contribution is 5.87. The lowest BCUT2D eigenvalue weighted by molar-refractivity contribution is -0.134. The lowest BCUT2D eigenvalue weighted by Crippen LogP contribution is -2.54. The molecule has 0 aromatic carbocycles. The first-order valence-corrected chi connectivity index (χ1v) is 11.1. The number of nitrogens with zero attached hydrogens (tertiary/aromatic N) is 1. The van der Waals surface area contributed by atoms with E-state index in [9.17, 15) is 9.90 Å². The Morgan fingerprint density at radius 1 is 1.21 bits per heavy atom. The first-order chi connectivity index (χ1) is 13.4. The van der Waals surface area contributed by atoms with Gasteiger partial charge < -0.3 is 15.7 Å². The number of rotatable bonds is 4. The van der Waals surface area contributed by atoms with Crippen LogP contribution in [0.2, 0.25) is 0 Å². The number of allylic oxidation sites excluding steroid dienone is 1. The molecule has 164 valence electrons. The van der Waals surface area contributed by atoms with E-state index < -0.39 is 0 Å². The fourth-order valence-electron chi connectivity index (χ4n) is 7.35. The number of hydrogen-bond acceptors (Lipinski definition) is 5. The number of aliphatic hydroxyl groups excluding tert-OH is 1. The minimum absolute atomic E-state index is 0. The average Bonchev–Trinajstić information content (AvgIpc) is 2.98. The molecule has 0 radical (unpaired) electrons. The smallest absolute Gasteiger partial charge is 0.139 e. The zero-order valence-corrected chi connectivity index (χ0v) is 18.7. The predicted molar refractivity (Wildman–Crippen MR) is 117 cm³/mol. The van der Waals surface area contributed by atoms with Crippen molar-refractivity contribution >= 4 is 23.9 Å². The fraction of sp³-hybridized carbons (Fsp3) is 0.826. The van der Waals surface area contributed by atoms with Crippen molar-refractivity contribution in [3.63, 3.8) is 0 Å². The van der Waals surface area contributed by atoms with Crippen LogP contribution in [-0.2, 0) is 9.63 Å². The van der Waals surface area contributed by atoms with E-state index in [1.807, 2.05) is 6.08 Å². The van der Waals surface area contributed by atoms with E-state index in [1.54, 1.807) is 0 Å². The monoisotopic (exact) mass is 424 g/mol. The lowest BCUT2D eigenvalue weighted by atomic mass is 9.44. The summed E-state index contributed by atoms with van der Waals surface area (Å²) in [6.45, 7) is 5.74. The molecule has 4 aliphatic rings. The van der Waals surface area contributed by atoms with Crippen LogP contribution in [0.4, 0.5) is 0 Å². The van der Waals surface area contributed by atoms with Crippen LogP contribution < -0.4 is 5.73 Å². The minimum atomic E-state index is -0.105. The zero-order chi connectivity index (χ0) is 19.9. The Bertz CT molecular complexity index is 694. The first kappa shape index (κ1) is 22.8. The molecule has 0 saturated heterocycles. The SMILES string of the molecule is C[C@]12CCC(=NOCCN)CC1/C(=C/CO)C[C@@H]1[C@@H]2CC[C@]2(C)C(=O)CC[C@@H]12.Cl. The largest absolute Gasteiger partial charge is 0.395 e. The molecular weight excluding hydrogens is 388 g/mol. The molecule has 4 aliphatic carbocycles. The summed E-state index contributed by atoms with van der Waals surface area (Å²) in [5.41, 5.74) is 8.16. The van der Waals surface area contributed by atoms with E-state index in [1.165, 1.54) is 12.0 Å². The van der Waals surface area contributed by atoms with Crippen molar-refractivity contribution in [2.75, 3.05) is 19.8 Å². The van der Waals surface area contributed by atoms with Crippen LogP contribution in [0.5, 0.6) is 0 Å². The van der Waals surface area contributed by atoms with Crippen LogP contribution in [-0.4, -0.2) is 36.4 Å². The number of Topliss-reactive ketones (excluding diaryl/α,β-unsaturated/α-hetero) is 1. The third-order valence-electron chi connectivity index (χ3n) is 8.86. The Morgan fingerprint density at radius 2 is 2.00 bits per heavy atom. The van der Waals surface area contributed by atoms with Crippen LogP contribution in [0.3, 0.4) is 0 Å². The molecule has 0 amide bonds. The molecule has 0 heterocycles. The van der Waals surface area contributed by atoms with Gasteiger partial charge in [0, 0.05) is 18.4 Å². The van der Waals surface area contributed by atoms with Gasteiger partial charge in [-0.3, -0.25) is 4.79 Å². The van der Waals surface area contributed by atoms with Gasteiger partial charge in [0.25, 0.3) is 0 Å². The third-order valence-corrected chi connectivity index (χ3v) is 8.86. The van der Waals surface area contributed by atoms with Gasteiger partial charge in [-0.15, -0.1) is 12.4 Å². The summed E-state index contributed by atoms with van der Waals surface area (Å²) in [5, 5.41) is 14.1. The molecule has 4 saturated carbocycles. The van der Waals surface area contributed by atoms with Gasteiger partial charge >= 0.3 is 0 Å². The Balaban J connectivity index is 0.00000240. The number of oxime groups is 1. The molecule has 0 spiro atoms. The molecular formula is C23H37ClN2O3. The van der Waals surface area contributed by atoms with E-state index in [2.05, 4.69) is 19.0 Å². The number of fused-ring (bicyclic) bond motifs is 5. The lowest BCUT2D eigenvalue weighted by Gasteiger charge is -2.60. The summed E-state index contributed by atoms with van der Waals surface area (Å²) in [5.74, 6) is 2.68. The summed E-state index contributed by atoms with van der Waals surface area (Å²) < 4.78 is 0. The van der Waals surface area contributed by atoms with Crippen LogP contribution in [0.1, 0.15) is 65.2 Å². The number of carbonyl (C=O) groups excluding carboxylic acids is 1. The van der Waals surface area contributed by atoms with Gasteiger partial charge in [-0.2, -0.15) is 0 Å². The normalized spacial score (nSPS) is 44.1. The van der Waals surface area contributed by atoms with Crippen molar-refractivity contribution < 1.29 is 14.7 Å². The highest BCUT2D eigenvalue weighted by Gasteiger charge is 2.61. The van der Waals surface area contributed by atoms with Gasteiger partial charge in [0.05, 0.1) is 12.3 Å². The molecule has 0 bridgehead atoms. The first-order valence-electron chi connectivity index (χ1n) is 11.1. The Morgan fingerprint density at radius 3 is 2.72 bits per heavy atom. The Labute approximate surface area is 180 Å². The van der Waals surface area contributed by atoms with Crippen molar-refractivity contribution in [3.8, 4) is 0 Å². The number of carbonyl (C=O) groups is 1. The number of aliphatic hydroxyl groups is 1. The van der Waals surface area contributed by atoms with Crippen LogP contribution >= 0.6 is 12.4 Å². The van der Waals surface area contributed by atoms with Crippen LogP contribution in [0, 0.1) is 34.5 Å². The zero-order valence-electron chi connectivity index (χ0n) is 17.9. The summed E-state index contributed by atoms with van der Waals surface area (Å²) in [6, 6.07) is 0. The maximum absolute atomic E-state index is 12.6. The summed E-state index contributed by atoms with van der Waals surface area (Å²) in [6.07, 6.45) is 10.1. The van der Waals surface area contributed by atoms with Gasteiger partial charge in [-0.05, 0) is 74.0 Å². The molecule has 4 fully saturated rings. The highest BCUT2D eigenvalue weighted by Crippen LogP contribution is 2.66. The van der Waals surface area contributed by atoms with Crippen LogP contribution in [0.15, 0.2) is 16.8 Å². The minimum Gasteiger partial charge on any atom is -0.395 e. The molecule has 6 atom stereocenters. The average molecular weight is 425 g/mol.